The minimum atomic E-state index is -2.00. The molecule has 18 atom stereocenters. The van der Waals surface area contributed by atoms with Crippen molar-refractivity contribution in [1.82, 2.24) is 4.90 Å². The third-order valence-corrected chi connectivity index (χ3v) is 13.5. The van der Waals surface area contributed by atoms with E-state index in [0.29, 0.717) is 12.1 Å². The van der Waals surface area contributed by atoms with Crippen LogP contribution in [0.5, 0.6) is 0 Å². The van der Waals surface area contributed by atoms with Crippen molar-refractivity contribution in [2.45, 2.75) is 179 Å². The molecule has 4 rings (SSSR count). The van der Waals surface area contributed by atoms with Gasteiger partial charge in [-0.15, -0.1) is 0 Å². The predicted molar refractivity (Wildman–Crippen MR) is 225 cm³/mol. The van der Waals surface area contributed by atoms with Crippen LogP contribution in [0.3, 0.4) is 0 Å². The largest absolute Gasteiger partial charge is 0.459 e. The minimum absolute atomic E-state index is 0.0591. The Kier molecular flexibility index (Phi) is 17.4. The van der Waals surface area contributed by atoms with Gasteiger partial charge in [0.15, 0.2) is 18.7 Å². The smallest absolute Gasteiger partial charge is 0.412 e. The van der Waals surface area contributed by atoms with Crippen LogP contribution in [0.1, 0.15) is 94.9 Å². The molecule has 3 aliphatic rings. The van der Waals surface area contributed by atoms with E-state index in [4.69, 9.17) is 37.9 Å². The number of para-hydroxylation sites is 1. The quantitative estimate of drug-likeness (QED) is 0.236. The molecule has 0 bridgehead atoms. The number of ketones is 1. The zero-order valence-electron chi connectivity index (χ0n) is 38.7. The molecule has 348 valence electrons. The average Bonchev–Trinajstić information content (AvgIpc) is 3.21. The number of methoxy groups -OCH3 is 2. The van der Waals surface area contributed by atoms with Crippen molar-refractivity contribution in [3.63, 3.8) is 0 Å². The van der Waals surface area contributed by atoms with Crippen LogP contribution in [0.2, 0.25) is 0 Å². The molecule has 4 N–H and O–H groups in total. The second kappa shape index (κ2) is 20.8. The summed E-state index contributed by atoms with van der Waals surface area (Å²) in [6.45, 7) is 17.0. The van der Waals surface area contributed by atoms with Gasteiger partial charge in [0.1, 0.15) is 29.2 Å². The number of aliphatic hydroxyl groups excluding tert-OH is 2. The topological polar surface area (TPSA) is 201 Å². The molecule has 0 aliphatic carbocycles. The van der Waals surface area contributed by atoms with Crippen LogP contribution in [0, 0.1) is 23.7 Å². The Hall–Kier alpha value is -2.77. The molecule has 16 nitrogen and oxygen atoms in total. The van der Waals surface area contributed by atoms with Crippen molar-refractivity contribution in [2.75, 3.05) is 33.6 Å². The number of aliphatic hydroxyl groups is 3. The lowest BCUT2D eigenvalue weighted by atomic mass is 9.74. The Labute approximate surface area is 362 Å². The third kappa shape index (κ3) is 11.5. The summed E-state index contributed by atoms with van der Waals surface area (Å²) in [6, 6.07) is 8.57. The number of hydrogen-bond donors (Lipinski definition) is 4. The fourth-order valence-electron chi connectivity index (χ4n) is 9.58. The van der Waals surface area contributed by atoms with Gasteiger partial charge in [-0.05, 0) is 87.0 Å². The Morgan fingerprint density at radius 3 is 2.07 bits per heavy atom. The number of benzene rings is 1. The number of anilines is 1. The summed E-state index contributed by atoms with van der Waals surface area (Å²) in [7, 11) is 6.75. The van der Waals surface area contributed by atoms with E-state index in [1.807, 2.05) is 38.9 Å². The maximum Gasteiger partial charge on any atom is 0.412 e. The highest BCUT2D eigenvalue weighted by Crippen LogP contribution is 2.42. The lowest BCUT2D eigenvalue weighted by Gasteiger charge is -2.50. The maximum absolute atomic E-state index is 14.4. The van der Waals surface area contributed by atoms with E-state index in [-0.39, 0.29) is 37.2 Å². The number of Topliss-reactive ketones (excluding diaryl/α,β-unsaturated/α-hetero) is 1. The molecule has 1 aromatic rings. The molecule has 3 saturated heterocycles. The maximum atomic E-state index is 14.4. The van der Waals surface area contributed by atoms with Crippen LogP contribution in [0.25, 0.3) is 0 Å². The number of carbonyl (C=O) groups excluding carboxylic acids is 3. The molecule has 1 unspecified atom stereocenters. The summed E-state index contributed by atoms with van der Waals surface area (Å²) in [5.41, 5.74) is -3.88. The second-order valence-electron chi connectivity index (χ2n) is 18.5. The Bertz CT molecular complexity index is 1600. The zero-order valence-corrected chi connectivity index (χ0v) is 38.7. The summed E-state index contributed by atoms with van der Waals surface area (Å²) in [5, 5.41) is 37.7. The monoisotopic (exact) mass is 867 g/mol. The number of nitrogens with zero attached hydrogens (tertiary/aromatic N) is 1. The highest BCUT2D eigenvalue weighted by Gasteiger charge is 2.55. The van der Waals surface area contributed by atoms with Crippen LogP contribution in [0.15, 0.2) is 30.3 Å². The van der Waals surface area contributed by atoms with Gasteiger partial charge in [-0.2, -0.15) is 0 Å². The van der Waals surface area contributed by atoms with Gasteiger partial charge in [-0.3, -0.25) is 14.9 Å². The molecule has 0 aromatic heterocycles. The number of amides is 1. The first kappa shape index (κ1) is 50.9. The number of esters is 1. The normalized spacial score (nSPS) is 43.3. The number of rotatable bonds is 10. The van der Waals surface area contributed by atoms with E-state index in [9.17, 15) is 29.7 Å². The van der Waals surface area contributed by atoms with Crippen LogP contribution >= 0.6 is 0 Å². The number of cyclic esters (lactones) is 1. The molecule has 3 fully saturated rings. The minimum Gasteiger partial charge on any atom is -0.459 e. The number of ether oxygens (including phenoxy) is 8. The SMILES string of the molecule is CC[C@H]1OC(=O)[C@H](C)C(O[C@H]2C[C@](C)(OC)[C@@H](OC(=O)Nc3ccccc3)[C@H](C)O2)[C@H](C)[C@@H](O[C@@H]2O[C@H](C)C[C@H](N(C)C)[C@H]2O)[C@](C)(OC)C[C@@H](C)C(=O)[C@H](C)[C@@H](O)[C@]1(C)O. The molecule has 0 radical (unpaired) electrons. The number of likely N-dealkylation sites (N-methyl/N-ethyl adjacent to an activating group) is 1. The van der Waals surface area contributed by atoms with E-state index in [1.54, 1.807) is 72.7 Å². The highest BCUT2D eigenvalue weighted by molar-refractivity contribution is 5.85. The van der Waals surface area contributed by atoms with E-state index in [2.05, 4.69) is 5.32 Å². The lowest BCUT2D eigenvalue weighted by Crippen LogP contribution is -2.62. The second-order valence-corrected chi connectivity index (χ2v) is 18.5. The van der Waals surface area contributed by atoms with Gasteiger partial charge in [-0.25, -0.2) is 4.79 Å². The summed E-state index contributed by atoms with van der Waals surface area (Å²) in [6.07, 6.45) is -9.95. The fraction of sp³-hybridized carbons (Fsp3) is 0.800. The zero-order chi connectivity index (χ0) is 45.8. The van der Waals surface area contributed by atoms with Crippen molar-refractivity contribution in [3.05, 3.63) is 30.3 Å². The van der Waals surface area contributed by atoms with Crippen molar-refractivity contribution >= 4 is 23.5 Å². The van der Waals surface area contributed by atoms with E-state index in [0.717, 1.165) is 0 Å². The molecule has 16 heteroatoms. The van der Waals surface area contributed by atoms with Crippen LogP contribution < -0.4 is 5.32 Å². The molecule has 3 heterocycles. The van der Waals surface area contributed by atoms with Gasteiger partial charge in [0.2, 0.25) is 0 Å². The molecule has 3 aliphatic heterocycles. The van der Waals surface area contributed by atoms with Gasteiger partial charge in [0.25, 0.3) is 0 Å². The molecule has 1 amide bonds. The van der Waals surface area contributed by atoms with Gasteiger partial charge >= 0.3 is 12.1 Å². The van der Waals surface area contributed by atoms with Crippen LogP contribution in [-0.2, 0) is 47.5 Å². The fourth-order valence-corrected chi connectivity index (χ4v) is 9.58. The first-order valence-corrected chi connectivity index (χ1v) is 21.7. The number of carbonyl (C=O) groups is 3. The molecular weight excluding hydrogens is 792 g/mol. The van der Waals surface area contributed by atoms with Crippen LogP contribution in [-0.4, -0.2) is 151 Å². The van der Waals surface area contributed by atoms with Gasteiger partial charge in [0.05, 0.1) is 42.0 Å². The predicted octanol–water partition coefficient (Wildman–Crippen LogP) is 4.70. The Morgan fingerprint density at radius 2 is 1.49 bits per heavy atom. The number of hydrogen-bond acceptors (Lipinski definition) is 15. The average molecular weight is 867 g/mol. The third-order valence-electron chi connectivity index (χ3n) is 13.5. The van der Waals surface area contributed by atoms with Crippen molar-refractivity contribution in [2.24, 2.45) is 23.7 Å². The summed E-state index contributed by atoms with van der Waals surface area (Å²) in [5.74, 6) is -4.69. The molecule has 1 aromatic carbocycles. The van der Waals surface area contributed by atoms with Crippen molar-refractivity contribution in [1.29, 1.82) is 0 Å². The van der Waals surface area contributed by atoms with E-state index in [1.165, 1.54) is 21.1 Å². The van der Waals surface area contributed by atoms with E-state index >= 15 is 0 Å². The lowest BCUT2D eigenvalue weighted by molar-refractivity contribution is -0.318. The molecule has 61 heavy (non-hydrogen) atoms. The van der Waals surface area contributed by atoms with E-state index < -0.39 is 108 Å². The summed E-state index contributed by atoms with van der Waals surface area (Å²) in [4.78, 5) is 43.6. The standard InChI is InChI=1S/C45H74N2O14/c1-15-32-45(10,53)37(50)26(4)34(48)24(2)22-43(8,54-13)38(60-41-35(49)31(47(11)12)21-25(3)56-41)27(5)36(28(6)40(51)58-32)59-33-23-44(9,55-14)39(29(7)57-33)61-42(52)46-30-19-17-16-18-20-30/h16-20,24-29,31-33,35-39,41,49-50,53H,15,21-23H2,1-14H3,(H,46,52)/t24-,25-,26+,27+,28-,29+,31+,32-,33+,35-,36?,37-,38-,39+,41+,43-,44+,45-/m1/s1. The Morgan fingerprint density at radius 1 is 0.885 bits per heavy atom. The molecular formula is C45H74N2O14. The highest BCUT2D eigenvalue weighted by atomic mass is 16.7. The Balaban J connectivity index is 1.80. The van der Waals surface area contributed by atoms with Crippen molar-refractivity contribution < 1.29 is 67.6 Å². The molecule has 0 saturated carbocycles. The number of nitrogens with one attached hydrogen (secondary N) is 1. The van der Waals surface area contributed by atoms with Gasteiger partial charge in [0, 0.05) is 50.1 Å². The first-order chi connectivity index (χ1) is 28.4. The molecule has 0 spiro atoms. The first-order valence-electron chi connectivity index (χ1n) is 21.7. The van der Waals surface area contributed by atoms with Gasteiger partial charge in [-0.1, -0.05) is 45.9 Å². The summed E-state index contributed by atoms with van der Waals surface area (Å²) < 4.78 is 50.8. The van der Waals surface area contributed by atoms with Gasteiger partial charge < -0.3 is 58.1 Å². The van der Waals surface area contributed by atoms with Crippen LogP contribution in [0.4, 0.5) is 10.5 Å². The summed E-state index contributed by atoms with van der Waals surface area (Å²) >= 11 is 0. The van der Waals surface area contributed by atoms with Crippen molar-refractivity contribution in [3.8, 4) is 0 Å².